The van der Waals surface area contributed by atoms with Gasteiger partial charge in [-0.3, -0.25) is 9.59 Å². The lowest BCUT2D eigenvalue weighted by Gasteiger charge is -2.28. The van der Waals surface area contributed by atoms with Crippen LogP contribution in [0.1, 0.15) is 43.5 Å². The van der Waals surface area contributed by atoms with Crippen LogP contribution in [-0.2, 0) is 37.0 Å². The van der Waals surface area contributed by atoms with Gasteiger partial charge in [0.2, 0.25) is 6.79 Å². The Morgan fingerprint density at radius 1 is 0.795 bits per heavy atom. The number of ether oxygens (including phenoxy) is 5. The molecule has 0 saturated carbocycles. The average molecular weight is 534 g/mol. The van der Waals surface area contributed by atoms with Crippen LogP contribution in [0.15, 0.2) is 78.9 Å². The molecule has 1 unspecified atom stereocenters. The van der Waals surface area contributed by atoms with Crippen molar-refractivity contribution in [3.05, 3.63) is 95.6 Å². The lowest BCUT2D eigenvalue weighted by molar-refractivity contribution is -0.165. The molecule has 1 amide bonds. The number of carbonyl (C=O) groups is 3. The molecule has 39 heavy (non-hydrogen) atoms. The zero-order valence-corrected chi connectivity index (χ0v) is 22.0. The topological polar surface area (TPSA) is 109 Å². The Morgan fingerprint density at radius 3 is 1.87 bits per heavy atom. The van der Waals surface area contributed by atoms with Gasteiger partial charge in [0.05, 0.1) is 6.04 Å². The number of amides is 1. The summed E-state index contributed by atoms with van der Waals surface area (Å²) in [5, 5.41) is 2.68. The lowest BCUT2D eigenvalue weighted by atomic mass is 9.92. The Bertz CT molecular complexity index is 1230. The van der Waals surface area contributed by atoms with Gasteiger partial charge in [0.1, 0.15) is 18.8 Å². The van der Waals surface area contributed by atoms with Gasteiger partial charge in [0.15, 0.2) is 17.4 Å². The molecule has 3 aromatic rings. The van der Waals surface area contributed by atoms with Crippen LogP contribution in [0.4, 0.5) is 4.79 Å². The highest BCUT2D eigenvalue weighted by atomic mass is 16.7. The fourth-order valence-corrected chi connectivity index (χ4v) is 3.91. The normalized spacial score (nSPS) is 12.9. The van der Waals surface area contributed by atoms with Crippen molar-refractivity contribution >= 4 is 18.0 Å². The van der Waals surface area contributed by atoms with E-state index < -0.39 is 35.6 Å². The van der Waals surface area contributed by atoms with Crippen LogP contribution in [0, 0.1) is 5.92 Å². The van der Waals surface area contributed by atoms with Crippen molar-refractivity contribution in [3.8, 4) is 11.5 Å². The summed E-state index contributed by atoms with van der Waals surface area (Å²) >= 11 is 0. The Balaban J connectivity index is 1.65. The Hall–Kier alpha value is -4.53. The number of carbonyl (C=O) groups excluding carboxylic acids is 3. The molecular weight excluding hydrogens is 502 g/mol. The number of hydrogen-bond acceptors (Lipinski definition) is 8. The van der Waals surface area contributed by atoms with Gasteiger partial charge < -0.3 is 29.0 Å². The maximum absolute atomic E-state index is 13.5. The van der Waals surface area contributed by atoms with E-state index in [-0.39, 0.29) is 20.0 Å². The van der Waals surface area contributed by atoms with E-state index in [1.807, 2.05) is 36.4 Å². The molecule has 0 bridgehead atoms. The molecule has 0 aliphatic carbocycles. The van der Waals surface area contributed by atoms with Crippen LogP contribution >= 0.6 is 0 Å². The maximum atomic E-state index is 13.5. The molecule has 0 spiro atoms. The predicted molar refractivity (Wildman–Crippen MR) is 141 cm³/mol. The van der Waals surface area contributed by atoms with E-state index in [4.69, 9.17) is 23.7 Å². The van der Waals surface area contributed by atoms with Gasteiger partial charge in [0, 0.05) is 0 Å². The summed E-state index contributed by atoms with van der Waals surface area (Å²) in [6.45, 7) is 5.03. The van der Waals surface area contributed by atoms with Gasteiger partial charge >= 0.3 is 18.0 Å². The Morgan fingerprint density at radius 2 is 1.33 bits per heavy atom. The molecule has 0 aromatic heterocycles. The van der Waals surface area contributed by atoms with E-state index in [2.05, 4.69) is 5.32 Å². The van der Waals surface area contributed by atoms with Crippen molar-refractivity contribution in [1.29, 1.82) is 0 Å². The minimum Gasteiger partial charge on any atom is -0.460 e. The number of alkyl carbamates (subject to hydrolysis) is 1. The van der Waals surface area contributed by atoms with Crippen LogP contribution in [0.5, 0.6) is 11.5 Å². The first kappa shape index (κ1) is 27.5. The molecule has 3 aromatic carbocycles. The molecular formula is C30H31NO8. The van der Waals surface area contributed by atoms with Crippen LogP contribution in [0.2, 0.25) is 0 Å². The van der Waals surface area contributed by atoms with E-state index in [0.717, 1.165) is 11.1 Å². The molecule has 1 heterocycles. The largest absolute Gasteiger partial charge is 0.460 e. The first-order chi connectivity index (χ1) is 18.7. The fourth-order valence-electron chi connectivity index (χ4n) is 3.91. The number of hydrogen-bond donors (Lipinski definition) is 1. The second-order valence-electron chi connectivity index (χ2n) is 9.90. The smallest absolute Gasteiger partial charge is 0.408 e. The van der Waals surface area contributed by atoms with E-state index >= 15 is 0 Å². The number of esters is 2. The monoisotopic (exact) mass is 533 g/mol. The van der Waals surface area contributed by atoms with Crippen LogP contribution in [-0.4, -0.2) is 30.4 Å². The van der Waals surface area contributed by atoms with E-state index in [0.29, 0.717) is 17.1 Å². The van der Waals surface area contributed by atoms with Crippen molar-refractivity contribution in [2.75, 3.05) is 6.79 Å². The van der Waals surface area contributed by atoms with Crippen molar-refractivity contribution in [1.82, 2.24) is 5.32 Å². The fraction of sp³-hybridized carbons (Fsp3) is 0.300. The summed E-state index contributed by atoms with van der Waals surface area (Å²) in [6.07, 6.45) is -0.818. The minimum absolute atomic E-state index is 0.0324. The van der Waals surface area contributed by atoms with E-state index in [1.165, 1.54) is 0 Å². The summed E-state index contributed by atoms with van der Waals surface area (Å²) in [5.74, 6) is -2.36. The van der Waals surface area contributed by atoms with Crippen molar-refractivity contribution < 1.29 is 38.1 Å². The molecule has 204 valence electrons. The van der Waals surface area contributed by atoms with Gasteiger partial charge in [-0.05, 0) is 49.6 Å². The summed E-state index contributed by atoms with van der Waals surface area (Å²) < 4.78 is 27.4. The maximum Gasteiger partial charge on any atom is 0.408 e. The van der Waals surface area contributed by atoms with Crippen LogP contribution in [0.25, 0.3) is 0 Å². The zero-order valence-electron chi connectivity index (χ0n) is 22.0. The molecule has 1 atom stereocenters. The molecule has 0 fully saturated rings. The van der Waals surface area contributed by atoms with E-state index in [1.54, 1.807) is 63.2 Å². The van der Waals surface area contributed by atoms with Gasteiger partial charge in [-0.15, -0.1) is 0 Å². The number of fused-ring (bicyclic) bond motifs is 1. The van der Waals surface area contributed by atoms with Crippen LogP contribution in [0.3, 0.4) is 0 Å². The first-order valence-electron chi connectivity index (χ1n) is 12.5. The molecule has 9 heteroatoms. The third kappa shape index (κ3) is 7.73. The van der Waals surface area contributed by atoms with Gasteiger partial charge in [0.25, 0.3) is 0 Å². The highest BCUT2D eigenvalue weighted by molar-refractivity contribution is 5.96. The quantitative estimate of drug-likeness (QED) is 0.230. The summed E-state index contributed by atoms with van der Waals surface area (Å²) in [6, 6.07) is 21.8. The third-order valence-electron chi connectivity index (χ3n) is 5.72. The standard InChI is InChI=1S/C30H31NO8/c1-30(2,3)39-29(34)31-26(22-14-15-23-24(16-22)38-19-37-23)25(27(32)35-17-20-10-6-4-7-11-20)28(33)36-18-21-12-8-5-9-13-21/h4-16,25-26H,17-19H2,1-3H3,(H,31,34). The minimum atomic E-state index is -1.55. The van der Waals surface area contributed by atoms with Crippen molar-refractivity contribution in [2.24, 2.45) is 5.92 Å². The number of rotatable bonds is 9. The molecule has 0 radical (unpaired) electrons. The number of benzene rings is 3. The second kappa shape index (κ2) is 12.3. The number of nitrogens with one attached hydrogen (secondary N) is 1. The first-order valence-corrected chi connectivity index (χ1v) is 12.5. The van der Waals surface area contributed by atoms with Gasteiger partial charge in [-0.1, -0.05) is 66.7 Å². The molecule has 1 aliphatic heterocycles. The second-order valence-corrected chi connectivity index (χ2v) is 9.90. The Labute approximate surface area is 227 Å². The molecule has 9 nitrogen and oxygen atoms in total. The Kier molecular flexibility index (Phi) is 8.70. The third-order valence-corrected chi connectivity index (χ3v) is 5.72. The summed E-state index contributed by atoms with van der Waals surface area (Å²) in [4.78, 5) is 39.9. The summed E-state index contributed by atoms with van der Waals surface area (Å²) in [7, 11) is 0. The van der Waals surface area contributed by atoms with Gasteiger partial charge in [-0.2, -0.15) is 0 Å². The average Bonchev–Trinajstić information content (AvgIpc) is 3.38. The van der Waals surface area contributed by atoms with Crippen molar-refractivity contribution in [2.45, 2.75) is 45.6 Å². The highest BCUT2D eigenvalue weighted by Gasteiger charge is 2.41. The SMILES string of the molecule is CC(C)(C)OC(=O)NC(c1ccc2c(c1)OCO2)C(C(=O)OCc1ccccc1)C(=O)OCc1ccccc1. The van der Waals surface area contributed by atoms with Gasteiger partial charge in [-0.25, -0.2) is 4.79 Å². The molecule has 1 N–H and O–H groups in total. The predicted octanol–water partition coefficient (Wildman–Crippen LogP) is 5.08. The summed E-state index contributed by atoms with van der Waals surface area (Å²) in [5.41, 5.74) is 1.06. The molecule has 1 aliphatic rings. The van der Waals surface area contributed by atoms with Crippen molar-refractivity contribution in [3.63, 3.8) is 0 Å². The highest BCUT2D eigenvalue weighted by Crippen LogP contribution is 2.36. The molecule has 0 saturated heterocycles. The van der Waals surface area contributed by atoms with E-state index in [9.17, 15) is 14.4 Å². The zero-order chi connectivity index (χ0) is 27.8. The lowest BCUT2D eigenvalue weighted by Crippen LogP contribution is -2.43. The molecule has 4 rings (SSSR count). The van der Waals surface area contributed by atoms with Crippen LogP contribution < -0.4 is 14.8 Å².